The molecule has 2 N–H and O–H groups in total. The van der Waals surface area contributed by atoms with Crippen molar-refractivity contribution >= 4 is 21.8 Å². The molecule has 4 aromatic rings. The van der Waals surface area contributed by atoms with E-state index >= 15 is 0 Å². The van der Waals surface area contributed by atoms with Crippen LogP contribution >= 0.6 is 0 Å². The molecule has 2 heterocycles. The molecule has 6 nitrogen and oxygen atoms in total. The Morgan fingerprint density at radius 2 is 0.975 bits per heavy atom. The maximum absolute atomic E-state index is 9.17. The van der Waals surface area contributed by atoms with Crippen molar-refractivity contribution in [2.24, 2.45) is 0 Å². The molecule has 0 saturated heterocycles. The molecule has 6 heteroatoms. The Morgan fingerprint density at radius 3 is 1.32 bits per heavy atom. The van der Waals surface area contributed by atoms with Gasteiger partial charge in [-0.15, -0.1) is 0 Å². The van der Waals surface area contributed by atoms with Crippen molar-refractivity contribution in [3.63, 3.8) is 0 Å². The normalized spacial score (nSPS) is 23.1. The highest BCUT2D eigenvalue weighted by molar-refractivity contribution is 5.80. The summed E-state index contributed by atoms with van der Waals surface area (Å²) in [6, 6.07) is 20.4. The van der Waals surface area contributed by atoms with E-state index in [1.54, 1.807) is 14.2 Å². The van der Waals surface area contributed by atoms with Crippen LogP contribution in [0.2, 0.25) is 0 Å². The number of aliphatic hydroxyl groups is 2. The van der Waals surface area contributed by atoms with Gasteiger partial charge >= 0.3 is 0 Å². The molecule has 6 rings (SSSR count). The van der Waals surface area contributed by atoms with Gasteiger partial charge in [-0.3, -0.25) is 9.97 Å². The number of benzene rings is 2. The Bertz CT molecular complexity index is 1280. The highest BCUT2D eigenvalue weighted by atomic mass is 16.5. The third-order valence-electron chi connectivity index (χ3n) is 8.77. The maximum atomic E-state index is 9.17. The summed E-state index contributed by atoms with van der Waals surface area (Å²) in [4.78, 5) is 9.61. The molecule has 212 valence electrons. The zero-order valence-corrected chi connectivity index (χ0v) is 23.8. The Hall–Kier alpha value is -2.90. The van der Waals surface area contributed by atoms with Crippen LogP contribution in [-0.4, -0.2) is 46.6 Å². The molecule has 2 aromatic carbocycles. The van der Waals surface area contributed by atoms with Crippen molar-refractivity contribution in [1.82, 2.24) is 9.97 Å². The highest BCUT2D eigenvalue weighted by Gasteiger charge is 2.24. The minimum Gasteiger partial charge on any atom is -0.392 e. The molecule has 0 radical (unpaired) electrons. The number of nitrogens with zero attached hydrogens (tertiary/aromatic N) is 2. The molecule has 40 heavy (non-hydrogen) atoms. The van der Waals surface area contributed by atoms with Gasteiger partial charge in [-0.05, 0) is 98.9 Å². The van der Waals surface area contributed by atoms with Gasteiger partial charge in [0.1, 0.15) is 0 Å². The van der Waals surface area contributed by atoms with Gasteiger partial charge in [0.15, 0.2) is 0 Å². The fourth-order valence-electron chi connectivity index (χ4n) is 6.22. The van der Waals surface area contributed by atoms with Gasteiger partial charge in [-0.2, -0.15) is 0 Å². The standard InChI is InChI=1S/2C17H21NO2/c2*1-20-15-6-3-13(4-7-15)16-9-5-14-10-12(11-19)2-8-17(14)18-16/h2*2,5,8-10,13,15,19H,3-4,6-7,11H2,1H3. The van der Waals surface area contributed by atoms with Crippen molar-refractivity contribution in [3.05, 3.63) is 83.2 Å². The molecule has 0 atom stereocenters. The summed E-state index contributed by atoms with van der Waals surface area (Å²) in [5.74, 6) is 1.12. The molecule has 0 unspecified atom stereocenters. The SMILES string of the molecule is COC1CCC(c2ccc3cc(CO)ccc3n2)CC1.COC1CCC(c2ccc3cc(CO)ccc3n2)CC1. The third kappa shape index (κ3) is 6.87. The first-order valence-corrected chi connectivity index (χ1v) is 14.7. The molecule has 2 aliphatic rings. The lowest BCUT2D eigenvalue weighted by Crippen LogP contribution is -2.19. The first-order chi connectivity index (χ1) is 19.6. The Morgan fingerprint density at radius 1 is 0.575 bits per heavy atom. The first kappa shape index (κ1) is 28.6. The number of hydrogen-bond donors (Lipinski definition) is 2. The average Bonchev–Trinajstić information content (AvgIpc) is 3.04. The Labute approximate surface area is 237 Å². The van der Waals surface area contributed by atoms with E-state index < -0.39 is 0 Å². The number of fused-ring (bicyclic) bond motifs is 2. The van der Waals surface area contributed by atoms with E-state index in [1.807, 2.05) is 36.4 Å². The smallest absolute Gasteiger partial charge is 0.0705 e. The molecular formula is C34H42N2O4. The summed E-state index contributed by atoms with van der Waals surface area (Å²) >= 11 is 0. The number of methoxy groups -OCH3 is 2. The zero-order valence-electron chi connectivity index (χ0n) is 23.8. The van der Waals surface area contributed by atoms with Gasteiger partial charge in [-0.1, -0.05) is 24.3 Å². The maximum Gasteiger partial charge on any atom is 0.0705 e. The van der Waals surface area contributed by atoms with Gasteiger partial charge < -0.3 is 19.7 Å². The lowest BCUT2D eigenvalue weighted by Gasteiger charge is -2.27. The van der Waals surface area contributed by atoms with Crippen LogP contribution in [0.25, 0.3) is 21.8 Å². The molecule has 0 aliphatic heterocycles. The molecule has 0 spiro atoms. The second-order valence-electron chi connectivity index (χ2n) is 11.3. The number of pyridine rings is 2. The topological polar surface area (TPSA) is 84.7 Å². The van der Waals surface area contributed by atoms with E-state index in [2.05, 4.69) is 24.3 Å². The first-order valence-electron chi connectivity index (χ1n) is 14.7. The summed E-state index contributed by atoms with van der Waals surface area (Å²) < 4.78 is 10.9. The highest BCUT2D eigenvalue weighted by Crippen LogP contribution is 2.35. The fraction of sp³-hybridized carbons (Fsp3) is 0.471. The summed E-state index contributed by atoms with van der Waals surface area (Å²) in [6.07, 6.45) is 10.0. The van der Waals surface area contributed by atoms with Crippen molar-refractivity contribution < 1.29 is 19.7 Å². The lowest BCUT2D eigenvalue weighted by molar-refractivity contribution is 0.0654. The van der Waals surface area contributed by atoms with E-state index in [1.165, 1.54) is 11.4 Å². The van der Waals surface area contributed by atoms with Gasteiger partial charge in [-0.25, -0.2) is 0 Å². The van der Waals surface area contributed by atoms with Crippen LogP contribution in [0.1, 0.15) is 85.7 Å². The van der Waals surface area contributed by atoms with Crippen LogP contribution in [0.5, 0.6) is 0 Å². The van der Waals surface area contributed by atoms with E-state index in [4.69, 9.17) is 19.4 Å². The van der Waals surface area contributed by atoms with E-state index in [9.17, 15) is 10.2 Å². The predicted octanol–water partition coefficient (Wildman–Crippen LogP) is 6.80. The molecule has 0 amide bonds. The van der Waals surface area contributed by atoms with E-state index in [-0.39, 0.29) is 13.2 Å². The molecule has 2 aromatic heterocycles. The monoisotopic (exact) mass is 542 g/mol. The Kier molecular flexibility index (Phi) is 9.76. The van der Waals surface area contributed by atoms with Crippen molar-refractivity contribution in [2.45, 2.75) is 88.6 Å². The largest absolute Gasteiger partial charge is 0.392 e. The van der Waals surface area contributed by atoms with Crippen LogP contribution in [0, 0.1) is 0 Å². The molecule has 2 aliphatic carbocycles. The fourth-order valence-corrected chi connectivity index (χ4v) is 6.22. The molecule has 2 fully saturated rings. The van der Waals surface area contributed by atoms with Gasteiger partial charge in [0, 0.05) is 48.2 Å². The van der Waals surface area contributed by atoms with Crippen LogP contribution in [-0.2, 0) is 22.7 Å². The van der Waals surface area contributed by atoms with Crippen molar-refractivity contribution in [2.75, 3.05) is 14.2 Å². The van der Waals surface area contributed by atoms with Crippen molar-refractivity contribution in [1.29, 1.82) is 0 Å². The predicted molar refractivity (Wildman–Crippen MR) is 159 cm³/mol. The van der Waals surface area contributed by atoms with Crippen LogP contribution in [0.15, 0.2) is 60.7 Å². The Balaban J connectivity index is 0.000000161. The van der Waals surface area contributed by atoms with Crippen molar-refractivity contribution in [3.8, 4) is 0 Å². The second-order valence-corrected chi connectivity index (χ2v) is 11.3. The molecule has 0 bridgehead atoms. The van der Waals surface area contributed by atoms with Crippen LogP contribution in [0.3, 0.4) is 0 Å². The molecular weight excluding hydrogens is 500 g/mol. The summed E-state index contributed by atoms with van der Waals surface area (Å²) in [5, 5.41) is 20.5. The molecule has 2 saturated carbocycles. The van der Waals surface area contributed by atoms with E-state index in [0.29, 0.717) is 24.0 Å². The minimum absolute atomic E-state index is 0.0821. The third-order valence-corrected chi connectivity index (χ3v) is 8.77. The van der Waals surface area contributed by atoms with Crippen LogP contribution < -0.4 is 0 Å². The van der Waals surface area contributed by atoms with E-state index in [0.717, 1.165) is 84.3 Å². The van der Waals surface area contributed by atoms with Gasteiger partial charge in [0.05, 0.1) is 36.5 Å². The summed E-state index contributed by atoms with van der Waals surface area (Å²) in [5.41, 5.74) is 6.31. The number of aromatic nitrogens is 2. The quantitative estimate of drug-likeness (QED) is 0.279. The number of aliphatic hydroxyl groups excluding tert-OH is 2. The summed E-state index contributed by atoms with van der Waals surface area (Å²) in [6.45, 7) is 0.164. The van der Waals surface area contributed by atoms with Gasteiger partial charge in [0.2, 0.25) is 0 Å². The lowest BCUT2D eigenvalue weighted by atomic mass is 9.85. The second kappa shape index (κ2) is 13.6. The number of rotatable bonds is 6. The number of hydrogen-bond acceptors (Lipinski definition) is 6. The van der Waals surface area contributed by atoms with Gasteiger partial charge in [0.25, 0.3) is 0 Å². The number of ether oxygens (including phenoxy) is 2. The minimum atomic E-state index is 0.0821. The summed E-state index contributed by atoms with van der Waals surface area (Å²) in [7, 11) is 3.61. The zero-order chi connectivity index (χ0) is 27.9. The van der Waals surface area contributed by atoms with Crippen LogP contribution in [0.4, 0.5) is 0 Å². The average molecular weight is 543 g/mol.